The van der Waals surface area contributed by atoms with Crippen LogP contribution in [0, 0.1) is 12.8 Å². The molecule has 0 aliphatic carbocycles. The first-order valence-electron chi connectivity index (χ1n) is 6.97. The van der Waals surface area contributed by atoms with Crippen LogP contribution in [0.4, 0.5) is 0 Å². The number of aliphatic hydroxyl groups is 1. The third kappa shape index (κ3) is 2.53. The van der Waals surface area contributed by atoms with Crippen LogP contribution in [0.15, 0.2) is 16.0 Å². The number of β-lactam (4-membered cyclic amide) rings is 1. The molecular weight excluding hydrogens is 322 g/mol. The number of aliphatic carboxylic acids is 1. The van der Waals surface area contributed by atoms with E-state index in [1.807, 2.05) is 0 Å². The van der Waals surface area contributed by atoms with Gasteiger partial charge in [-0.05, 0) is 29.7 Å². The van der Waals surface area contributed by atoms with Crippen molar-refractivity contribution < 1.29 is 19.8 Å². The molecule has 1 saturated heterocycles. The molecule has 1 fully saturated rings. The highest BCUT2D eigenvalue weighted by atomic mass is 32.2. The number of aromatic nitrogens is 4. The van der Waals surface area contributed by atoms with Gasteiger partial charge in [0.2, 0.25) is 5.91 Å². The van der Waals surface area contributed by atoms with Crippen LogP contribution < -0.4 is 0 Å². The van der Waals surface area contributed by atoms with E-state index in [1.54, 1.807) is 25.5 Å². The van der Waals surface area contributed by atoms with Crippen molar-refractivity contribution in [3.63, 3.8) is 0 Å². The normalized spacial score (nSPS) is 25.0. The minimum absolute atomic E-state index is 0.0000118. The molecule has 9 nitrogen and oxygen atoms in total. The highest BCUT2D eigenvalue weighted by Gasteiger charge is 2.56. The number of carbonyl (C=O) groups excluding carboxylic acids is 1. The lowest BCUT2D eigenvalue weighted by Crippen LogP contribution is -2.61. The minimum atomic E-state index is -1.14. The molecule has 3 atom stereocenters. The third-order valence-electron chi connectivity index (χ3n) is 3.96. The van der Waals surface area contributed by atoms with Crippen LogP contribution in [-0.4, -0.2) is 59.3 Å². The molecule has 1 amide bonds. The molecular formula is C13H15N5O4S. The second kappa shape index (κ2) is 5.78. The Morgan fingerprint density at radius 3 is 2.83 bits per heavy atom. The Kier molecular flexibility index (Phi) is 3.94. The number of hydrogen-bond donors (Lipinski definition) is 2. The summed E-state index contributed by atoms with van der Waals surface area (Å²) in [6, 6.07) is -0.278. The smallest absolute Gasteiger partial charge is 0.353 e. The largest absolute Gasteiger partial charge is 0.477 e. The molecule has 0 unspecified atom stereocenters. The zero-order valence-corrected chi connectivity index (χ0v) is 13.3. The number of rotatable bonds is 5. The van der Waals surface area contributed by atoms with Gasteiger partial charge in [-0.3, -0.25) is 4.79 Å². The Bertz CT molecular complexity index is 726. The Labute approximate surface area is 135 Å². The van der Waals surface area contributed by atoms with Crippen molar-refractivity contribution in [1.29, 1.82) is 0 Å². The van der Waals surface area contributed by atoms with Crippen molar-refractivity contribution >= 4 is 29.8 Å². The fraction of sp³-hybridized carbons (Fsp3) is 0.462. The van der Waals surface area contributed by atoms with Crippen LogP contribution in [0.3, 0.4) is 0 Å². The van der Waals surface area contributed by atoms with Crippen molar-refractivity contribution in [3.8, 4) is 0 Å². The molecule has 0 radical (unpaired) electrons. The van der Waals surface area contributed by atoms with Crippen LogP contribution in [0.2, 0.25) is 0 Å². The maximum atomic E-state index is 12.1. The topological polar surface area (TPSA) is 121 Å². The third-order valence-corrected chi connectivity index (χ3v) is 4.86. The summed E-state index contributed by atoms with van der Waals surface area (Å²) in [5.41, 5.74) is -0.0000118. The zero-order chi connectivity index (χ0) is 16.7. The molecule has 2 N–H and O–H groups in total. The summed E-state index contributed by atoms with van der Waals surface area (Å²) in [6.45, 7) is 3.29. The van der Waals surface area contributed by atoms with E-state index in [9.17, 15) is 19.8 Å². The Balaban J connectivity index is 1.79. The van der Waals surface area contributed by atoms with Gasteiger partial charge >= 0.3 is 5.97 Å². The van der Waals surface area contributed by atoms with Gasteiger partial charge in [0, 0.05) is 17.5 Å². The number of amides is 1. The number of carboxylic acids is 1. The van der Waals surface area contributed by atoms with Crippen LogP contribution >= 0.6 is 11.8 Å². The molecule has 1 aromatic rings. The molecule has 0 spiro atoms. The van der Waals surface area contributed by atoms with Gasteiger partial charge in [0.25, 0.3) is 0 Å². The Morgan fingerprint density at radius 2 is 2.26 bits per heavy atom. The number of carbonyl (C=O) groups is 2. The van der Waals surface area contributed by atoms with Gasteiger partial charge < -0.3 is 15.1 Å². The first kappa shape index (κ1) is 15.7. The fourth-order valence-electron chi connectivity index (χ4n) is 2.88. The first-order valence-corrected chi connectivity index (χ1v) is 7.85. The van der Waals surface area contributed by atoms with Gasteiger partial charge in [-0.1, -0.05) is 11.8 Å². The fourth-order valence-corrected chi connectivity index (χ4v) is 3.79. The van der Waals surface area contributed by atoms with Gasteiger partial charge in [0.15, 0.2) is 5.82 Å². The van der Waals surface area contributed by atoms with E-state index in [1.165, 1.54) is 21.3 Å². The van der Waals surface area contributed by atoms with Crippen molar-refractivity contribution in [2.24, 2.45) is 5.92 Å². The predicted octanol–water partition coefficient (Wildman–Crippen LogP) is 0.0506. The number of hydrogen-bond acceptors (Lipinski definition) is 7. The highest BCUT2D eigenvalue weighted by molar-refractivity contribution is 8.06. The minimum Gasteiger partial charge on any atom is -0.477 e. The standard InChI is InChI=1S/C13H15N5O4S/c1-6(19)10-8-5-9(11(13(21)22)18(8)12(10)20)23-4-3-17-7(2)14-15-16-17/h3-4,6,8,10,19H,5H2,1-2H3,(H,21,22)/b4-3+/t6-,8+,10+/m0/s1. The lowest BCUT2D eigenvalue weighted by Gasteiger charge is -2.44. The van der Waals surface area contributed by atoms with Crippen molar-refractivity contribution in [3.05, 3.63) is 21.8 Å². The van der Waals surface area contributed by atoms with Crippen LogP contribution in [-0.2, 0) is 9.59 Å². The van der Waals surface area contributed by atoms with Gasteiger partial charge in [-0.25, -0.2) is 9.48 Å². The molecule has 10 heteroatoms. The monoisotopic (exact) mass is 337 g/mol. The molecule has 2 aliphatic heterocycles. The van der Waals surface area contributed by atoms with E-state index >= 15 is 0 Å². The molecule has 0 bridgehead atoms. The van der Waals surface area contributed by atoms with Crippen LogP contribution in [0.5, 0.6) is 0 Å². The molecule has 0 saturated carbocycles. The summed E-state index contributed by atoms with van der Waals surface area (Å²) in [7, 11) is 0. The molecule has 122 valence electrons. The van der Waals surface area contributed by atoms with E-state index in [0.29, 0.717) is 17.2 Å². The second-order valence-corrected chi connectivity index (χ2v) is 6.40. The van der Waals surface area contributed by atoms with Gasteiger partial charge in [0.1, 0.15) is 5.70 Å². The van der Waals surface area contributed by atoms with Crippen molar-refractivity contribution in [2.45, 2.75) is 32.4 Å². The summed E-state index contributed by atoms with van der Waals surface area (Å²) >= 11 is 1.22. The summed E-state index contributed by atoms with van der Waals surface area (Å²) in [6.07, 6.45) is 1.25. The summed E-state index contributed by atoms with van der Waals surface area (Å²) < 4.78 is 1.46. The molecule has 2 aliphatic rings. The van der Waals surface area contributed by atoms with Gasteiger partial charge in [-0.2, -0.15) is 0 Å². The maximum Gasteiger partial charge on any atom is 0.353 e. The van der Waals surface area contributed by atoms with Crippen LogP contribution in [0.1, 0.15) is 19.2 Å². The molecule has 3 heterocycles. The molecule has 0 aromatic carbocycles. The number of fused-ring (bicyclic) bond motifs is 1. The SMILES string of the molecule is Cc1nnnn1/C=C/SC1=C(C(=O)O)N2C(=O)[C@H]([C@H](C)O)[C@H]2C1. The highest BCUT2D eigenvalue weighted by Crippen LogP contribution is 2.47. The number of carboxylic acid groups (broad SMARTS) is 1. The average molecular weight is 337 g/mol. The van der Waals surface area contributed by atoms with E-state index in [-0.39, 0.29) is 17.6 Å². The molecule has 23 heavy (non-hydrogen) atoms. The number of aliphatic hydroxyl groups excluding tert-OH is 1. The van der Waals surface area contributed by atoms with E-state index < -0.39 is 18.0 Å². The maximum absolute atomic E-state index is 12.1. The first-order chi connectivity index (χ1) is 10.9. The average Bonchev–Trinajstić information content (AvgIpc) is 3.01. The number of aryl methyl sites for hydroxylation is 1. The van der Waals surface area contributed by atoms with E-state index in [0.717, 1.165) is 0 Å². The summed E-state index contributed by atoms with van der Waals surface area (Å²) in [5.74, 6) is -1.40. The van der Waals surface area contributed by atoms with Crippen molar-refractivity contribution in [2.75, 3.05) is 0 Å². The lowest BCUT2D eigenvalue weighted by molar-refractivity contribution is -0.161. The summed E-state index contributed by atoms with van der Waals surface area (Å²) in [5, 5.41) is 31.7. The van der Waals surface area contributed by atoms with Crippen molar-refractivity contribution in [1.82, 2.24) is 25.1 Å². The predicted molar refractivity (Wildman–Crippen MR) is 80.6 cm³/mol. The number of tetrazole rings is 1. The Hall–Kier alpha value is -2.20. The molecule has 1 aromatic heterocycles. The number of thioether (sulfide) groups is 1. The Morgan fingerprint density at radius 1 is 1.52 bits per heavy atom. The number of nitrogens with zero attached hydrogens (tertiary/aromatic N) is 5. The van der Waals surface area contributed by atoms with Gasteiger partial charge in [-0.15, -0.1) is 5.10 Å². The van der Waals surface area contributed by atoms with Crippen LogP contribution in [0.25, 0.3) is 6.20 Å². The lowest BCUT2D eigenvalue weighted by atomic mass is 9.83. The van der Waals surface area contributed by atoms with E-state index in [4.69, 9.17) is 0 Å². The van der Waals surface area contributed by atoms with E-state index in [2.05, 4.69) is 15.5 Å². The quantitative estimate of drug-likeness (QED) is 0.723. The summed E-state index contributed by atoms with van der Waals surface area (Å²) in [4.78, 5) is 25.4. The zero-order valence-electron chi connectivity index (χ0n) is 12.4. The second-order valence-electron chi connectivity index (χ2n) is 5.40. The van der Waals surface area contributed by atoms with Gasteiger partial charge in [0.05, 0.1) is 18.1 Å². The molecule has 3 rings (SSSR count).